The van der Waals surface area contributed by atoms with Crippen LogP contribution in [-0.4, -0.2) is 50.0 Å². The first-order chi connectivity index (χ1) is 16.4. The summed E-state index contributed by atoms with van der Waals surface area (Å²) in [5.41, 5.74) is 0.742. The van der Waals surface area contributed by atoms with Crippen molar-refractivity contribution in [1.82, 2.24) is 10.2 Å². The van der Waals surface area contributed by atoms with E-state index < -0.39 is 21.9 Å². The topological polar surface area (TPSA) is 86.8 Å². The van der Waals surface area contributed by atoms with Crippen LogP contribution in [0.25, 0.3) is 0 Å². The molecule has 0 fully saturated rings. The third-order valence-electron chi connectivity index (χ3n) is 5.36. The van der Waals surface area contributed by atoms with E-state index in [-0.39, 0.29) is 49.5 Å². The van der Waals surface area contributed by atoms with Crippen molar-refractivity contribution in [2.24, 2.45) is 0 Å². The summed E-state index contributed by atoms with van der Waals surface area (Å²) < 4.78 is 39.8. The van der Waals surface area contributed by atoms with E-state index in [9.17, 15) is 22.4 Å². The lowest BCUT2D eigenvalue weighted by atomic mass is 10.1. The van der Waals surface area contributed by atoms with Gasteiger partial charge in [0, 0.05) is 30.6 Å². The van der Waals surface area contributed by atoms with Gasteiger partial charge in [-0.25, -0.2) is 12.8 Å². The first kappa shape index (κ1) is 28.6. The third-order valence-corrected chi connectivity index (χ3v) is 6.79. The Morgan fingerprint density at radius 1 is 1.09 bits per heavy atom. The fraction of sp³-hybridized carbons (Fsp3) is 0.440. The van der Waals surface area contributed by atoms with Gasteiger partial charge in [-0.3, -0.25) is 13.9 Å². The van der Waals surface area contributed by atoms with Crippen molar-refractivity contribution in [2.45, 2.75) is 58.7 Å². The van der Waals surface area contributed by atoms with Gasteiger partial charge in [0.05, 0.1) is 11.9 Å². The maximum atomic E-state index is 14.3. The highest BCUT2D eigenvalue weighted by atomic mass is 35.5. The van der Waals surface area contributed by atoms with Gasteiger partial charge in [0.15, 0.2) is 0 Å². The number of nitrogens with zero attached hydrogens (tertiary/aromatic N) is 2. The molecule has 0 saturated heterocycles. The van der Waals surface area contributed by atoms with E-state index in [1.54, 1.807) is 30.3 Å². The summed E-state index contributed by atoms with van der Waals surface area (Å²) in [6, 6.07) is 11.8. The van der Waals surface area contributed by atoms with Gasteiger partial charge in [-0.2, -0.15) is 0 Å². The molecule has 0 aliphatic heterocycles. The number of halogens is 2. The lowest BCUT2D eigenvalue weighted by molar-refractivity contribution is -0.141. The van der Waals surface area contributed by atoms with E-state index >= 15 is 0 Å². The number of hydrogen-bond acceptors (Lipinski definition) is 4. The number of nitrogens with one attached hydrogen (secondary N) is 1. The Hall–Kier alpha value is -2.65. The fourth-order valence-electron chi connectivity index (χ4n) is 3.72. The zero-order valence-electron chi connectivity index (χ0n) is 20.5. The molecule has 1 N–H and O–H groups in total. The highest BCUT2D eigenvalue weighted by Gasteiger charge is 2.29. The van der Waals surface area contributed by atoms with Crippen molar-refractivity contribution < 1.29 is 22.4 Å². The zero-order valence-corrected chi connectivity index (χ0v) is 22.1. The van der Waals surface area contributed by atoms with Gasteiger partial charge >= 0.3 is 0 Å². The van der Waals surface area contributed by atoms with Crippen molar-refractivity contribution in [3.8, 4) is 0 Å². The molecule has 0 unspecified atom stereocenters. The van der Waals surface area contributed by atoms with Crippen molar-refractivity contribution in [3.05, 3.63) is 64.9 Å². The lowest BCUT2D eigenvalue weighted by Crippen LogP contribution is -2.50. The number of carbonyl (C=O) groups excluding carboxylic acids is 2. The van der Waals surface area contributed by atoms with Crippen LogP contribution in [0.1, 0.15) is 45.6 Å². The largest absolute Gasteiger partial charge is 0.352 e. The van der Waals surface area contributed by atoms with E-state index in [0.717, 1.165) is 16.1 Å². The molecule has 35 heavy (non-hydrogen) atoms. The van der Waals surface area contributed by atoms with Crippen LogP contribution in [0.15, 0.2) is 48.5 Å². The molecule has 10 heteroatoms. The number of sulfonamides is 1. The predicted octanol–water partition coefficient (Wildman–Crippen LogP) is 4.36. The SMILES string of the molecule is CC[C@@H](C(=O)NC(C)C)N(Cc1ccc(Cl)cc1)C(=O)CCCN(c1ccccc1F)S(C)(=O)=O. The fourth-order valence-corrected chi connectivity index (χ4v) is 4.82. The molecule has 192 valence electrons. The number of para-hydroxylation sites is 1. The maximum absolute atomic E-state index is 14.3. The summed E-state index contributed by atoms with van der Waals surface area (Å²) in [7, 11) is -3.77. The second-order valence-corrected chi connectivity index (χ2v) is 11.0. The minimum atomic E-state index is -3.77. The van der Waals surface area contributed by atoms with Crippen LogP contribution < -0.4 is 9.62 Å². The molecule has 2 rings (SSSR count). The number of carbonyl (C=O) groups is 2. The van der Waals surface area contributed by atoms with Gasteiger partial charge in [-0.15, -0.1) is 0 Å². The summed E-state index contributed by atoms with van der Waals surface area (Å²) in [6.45, 7) is 5.64. The molecule has 1 atom stereocenters. The van der Waals surface area contributed by atoms with Gasteiger partial charge in [-0.1, -0.05) is 42.8 Å². The average Bonchev–Trinajstić information content (AvgIpc) is 2.77. The molecule has 2 aromatic rings. The monoisotopic (exact) mass is 525 g/mol. The first-order valence-electron chi connectivity index (χ1n) is 11.5. The average molecular weight is 526 g/mol. The predicted molar refractivity (Wildman–Crippen MR) is 137 cm³/mol. The van der Waals surface area contributed by atoms with Crippen LogP contribution in [0.5, 0.6) is 0 Å². The van der Waals surface area contributed by atoms with Gasteiger partial charge < -0.3 is 10.2 Å². The third kappa shape index (κ3) is 8.50. The second kappa shape index (κ2) is 12.9. The van der Waals surface area contributed by atoms with Crippen LogP contribution >= 0.6 is 11.6 Å². The number of benzene rings is 2. The van der Waals surface area contributed by atoms with Crippen molar-refractivity contribution in [2.75, 3.05) is 17.1 Å². The second-order valence-electron chi connectivity index (χ2n) is 8.63. The molecule has 2 aromatic carbocycles. The van der Waals surface area contributed by atoms with Crippen LogP contribution in [0.3, 0.4) is 0 Å². The Labute approximate surface area is 212 Å². The zero-order chi connectivity index (χ0) is 26.2. The molecule has 0 aliphatic rings. The standard InChI is InChI=1S/C25H33ClFN3O4S/c1-5-22(25(32)28-18(2)3)29(17-19-12-14-20(26)15-13-19)24(31)11-8-16-30(35(4,33)34)23-10-7-6-9-21(23)27/h6-7,9-10,12-15,18,22H,5,8,11,16-17H2,1-4H3,(H,28,32)/t22-/m0/s1. The number of rotatable bonds is 12. The minimum absolute atomic E-state index is 0.0144. The maximum Gasteiger partial charge on any atom is 0.243 e. The van der Waals surface area contributed by atoms with Crippen molar-refractivity contribution in [3.63, 3.8) is 0 Å². The Bertz CT molecular complexity index is 1110. The van der Waals surface area contributed by atoms with Crippen LogP contribution in [0.4, 0.5) is 10.1 Å². The Balaban J connectivity index is 2.22. The number of anilines is 1. The minimum Gasteiger partial charge on any atom is -0.352 e. The van der Waals surface area contributed by atoms with E-state index in [1.165, 1.54) is 23.1 Å². The van der Waals surface area contributed by atoms with Gasteiger partial charge in [0.2, 0.25) is 21.8 Å². The molecule has 0 heterocycles. The van der Waals surface area contributed by atoms with Gasteiger partial charge in [0.1, 0.15) is 11.9 Å². The molecule has 0 saturated carbocycles. The molecule has 2 amide bonds. The summed E-state index contributed by atoms with van der Waals surface area (Å²) in [5, 5.41) is 3.42. The molecular weight excluding hydrogens is 493 g/mol. The smallest absolute Gasteiger partial charge is 0.243 e. The van der Waals surface area contributed by atoms with Crippen LogP contribution in [-0.2, 0) is 26.2 Å². The molecule has 0 bridgehead atoms. The van der Waals surface area contributed by atoms with Crippen molar-refractivity contribution >= 4 is 39.1 Å². The Morgan fingerprint density at radius 3 is 2.26 bits per heavy atom. The Morgan fingerprint density at radius 2 is 1.71 bits per heavy atom. The molecule has 0 spiro atoms. The summed E-state index contributed by atoms with van der Waals surface area (Å²) in [5.74, 6) is -1.22. The van der Waals surface area contributed by atoms with Gasteiger partial charge in [-0.05, 0) is 56.5 Å². The van der Waals surface area contributed by atoms with E-state index in [0.29, 0.717) is 11.4 Å². The summed E-state index contributed by atoms with van der Waals surface area (Å²) >= 11 is 5.98. The lowest BCUT2D eigenvalue weighted by Gasteiger charge is -2.31. The molecule has 0 radical (unpaired) electrons. The summed E-state index contributed by atoms with van der Waals surface area (Å²) in [4.78, 5) is 27.7. The van der Waals surface area contributed by atoms with Gasteiger partial charge in [0.25, 0.3) is 0 Å². The molecule has 0 aromatic heterocycles. The first-order valence-corrected chi connectivity index (χ1v) is 13.7. The van der Waals surface area contributed by atoms with Crippen LogP contribution in [0, 0.1) is 5.82 Å². The van der Waals surface area contributed by atoms with Crippen molar-refractivity contribution in [1.29, 1.82) is 0 Å². The summed E-state index contributed by atoms with van der Waals surface area (Å²) in [6.07, 6.45) is 1.54. The van der Waals surface area contributed by atoms with E-state index in [2.05, 4.69) is 5.32 Å². The molecule has 7 nitrogen and oxygen atoms in total. The van der Waals surface area contributed by atoms with Crippen LogP contribution in [0.2, 0.25) is 5.02 Å². The molecule has 0 aliphatic carbocycles. The highest BCUT2D eigenvalue weighted by Crippen LogP contribution is 2.22. The Kier molecular flexibility index (Phi) is 10.5. The van der Waals surface area contributed by atoms with E-state index in [1.807, 2.05) is 20.8 Å². The number of hydrogen-bond donors (Lipinski definition) is 1. The number of amides is 2. The van der Waals surface area contributed by atoms with E-state index in [4.69, 9.17) is 11.6 Å². The highest BCUT2D eigenvalue weighted by molar-refractivity contribution is 7.92. The normalized spacial score (nSPS) is 12.3. The molecular formula is C25H33ClFN3O4S. The quantitative estimate of drug-likeness (QED) is 0.446.